The monoisotopic (exact) mass is 270 g/mol. The van der Waals surface area contributed by atoms with Crippen LogP contribution in [-0.2, 0) is 6.42 Å². The Morgan fingerprint density at radius 1 is 1.15 bits per heavy atom. The van der Waals surface area contributed by atoms with Gasteiger partial charge < -0.3 is 10.1 Å². The molecule has 0 saturated carbocycles. The molecule has 0 bridgehead atoms. The van der Waals surface area contributed by atoms with Gasteiger partial charge in [0, 0.05) is 12.6 Å². The van der Waals surface area contributed by atoms with Crippen molar-refractivity contribution in [2.75, 3.05) is 18.5 Å². The minimum atomic E-state index is 0.716. The van der Waals surface area contributed by atoms with Crippen LogP contribution in [0.15, 0.2) is 48.8 Å². The van der Waals surface area contributed by atoms with Crippen LogP contribution in [0.25, 0.3) is 0 Å². The predicted octanol–water partition coefficient (Wildman–Crippen LogP) is 3.92. The van der Waals surface area contributed by atoms with E-state index in [1.807, 2.05) is 18.3 Å². The number of hydrogen-bond acceptors (Lipinski definition) is 3. The highest BCUT2D eigenvalue weighted by Crippen LogP contribution is 2.15. The molecule has 0 fully saturated rings. The first-order chi connectivity index (χ1) is 9.88. The van der Waals surface area contributed by atoms with Crippen LogP contribution in [0.5, 0.6) is 5.75 Å². The summed E-state index contributed by atoms with van der Waals surface area (Å²) in [5, 5.41) is 3.31. The van der Waals surface area contributed by atoms with Gasteiger partial charge in [-0.05, 0) is 24.8 Å². The molecule has 0 atom stereocenters. The normalized spacial score (nSPS) is 10.2. The maximum atomic E-state index is 5.75. The summed E-state index contributed by atoms with van der Waals surface area (Å²) in [4.78, 5) is 4.19. The number of aromatic nitrogens is 1. The highest BCUT2D eigenvalue weighted by molar-refractivity contribution is 5.44. The fourth-order valence-electron chi connectivity index (χ4n) is 1.97. The third kappa shape index (κ3) is 4.92. The van der Waals surface area contributed by atoms with Crippen molar-refractivity contribution in [2.45, 2.75) is 26.2 Å². The Morgan fingerprint density at radius 2 is 2.00 bits per heavy atom. The van der Waals surface area contributed by atoms with Crippen LogP contribution < -0.4 is 10.1 Å². The van der Waals surface area contributed by atoms with Gasteiger partial charge in [0.2, 0.25) is 0 Å². The summed E-state index contributed by atoms with van der Waals surface area (Å²) in [6, 6.07) is 12.5. The summed E-state index contributed by atoms with van der Waals surface area (Å²) in [6.07, 6.45) is 6.74. The van der Waals surface area contributed by atoms with E-state index in [0.29, 0.717) is 6.61 Å². The lowest BCUT2D eigenvalue weighted by molar-refractivity contribution is 0.310. The van der Waals surface area contributed by atoms with Crippen molar-refractivity contribution < 1.29 is 4.74 Å². The number of nitrogens with zero attached hydrogens (tertiary/aromatic N) is 1. The van der Waals surface area contributed by atoms with Crippen molar-refractivity contribution in [1.29, 1.82) is 0 Å². The molecule has 2 rings (SSSR count). The molecule has 0 saturated heterocycles. The third-order valence-corrected chi connectivity index (χ3v) is 3.01. The van der Waals surface area contributed by atoms with Crippen LogP contribution in [-0.4, -0.2) is 18.1 Å². The highest BCUT2D eigenvalue weighted by Gasteiger charge is 1.98. The lowest BCUT2D eigenvalue weighted by atomic mass is 10.1. The first-order valence-corrected chi connectivity index (χ1v) is 7.24. The molecule has 0 amide bonds. The van der Waals surface area contributed by atoms with E-state index in [4.69, 9.17) is 4.74 Å². The quantitative estimate of drug-likeness (QED) is 0.738. The van der Waals surface area contributed by atoms with E-state index in [1.54, 1.807) is 6.20 Å². The second-order valence-electron chi connectivity index (χ2n) is 4.77. The molecule has 0 aliphatic carbocycles. The Balaban J connectivity index is 1.73. The Bertz CT molecular complexity index is 499. The first-order valence-electron chi connectivity index (χ1n) is 7.24. The number of hydrogen-bond donors (Lipinski definition) is 1. The molecule has 0 radical (unpaired) electrons. The average Bonchev–Trinajstić information content (AvgIpc) is 2.51. The molecule has 3 nitrogen and oxygen atoms in total. The molecule has 1 aromatic carbocycles. The standard InChI is InChI=1S/C17H22N2O/c1-2-10-19-16-12-17(14-18-13-16)20-11-6-9-15-7-4-3-5-8-15/h3-5,7-8,12-14,19H,2,6,9-11H2,1H3. The zero-order valence-electron chi connectivity index (χ0n) is 12.0. The van der Waals surface area contributed by atoms with E-state index in [1.165, 1.54) is 5.56 Å². The fraction of sp³-hybridized carbons (Fsp3) is 0.353. The van der Waals surface area contributed by atoms with Gasteiger partial charge in [-0.2, -0.15) is 0 Å². The summed E-state index contributed by atoms with van der Waals surface area (Å²) in [6.45, 7) is 3.82. The van der Waals surface area contributed by atoms with Gasteiger partial charge in [0.1, 0.15) is 5.75 Å². The summed E-state index contributed by atoms with van der Waals surface area (Å²) in [7, 11) is 0. The molecule has 0 aliphatic heterocycles. The van der Waals surface area contributed by atoms with Crippen molar-refractivity contribution in [3.05, 3.63) is 54.4 Å². The Morgan fingerprint density at radius 3 is 2.80 bits per heavy atom. The van der Waals surface area contributed by atoms with Crippen LogP contribution in [0.4, 0.5) is 5.69 Å². The molecule has 20 heavy (non-hydrogen) atoms. The van der Waals surface area contributed by atoms with Crippen molar-refractivity contribution in [2.24, 2.45) is 0 Å². The van der Waals surface area contributed by atoms with Crippen molar-refractivity contribution in [1.82, 2.24) is 4.98 Å². The number of nitrogens with one attached hydrogen (secondary N) is 1. The van der Waals surface area contributed by atoms with Crippen LogP contribution >= 0.6 is 0 Å². The largest absolute Gasteiger partial charge is 0.492 e. The third-order valence-electron chi connectivity index (χ3n) is 3.01. The molecule has 0 aliphatic rings. The van der Waals surface area contributed by atoms with Crippen molar-refractivity contribution in [3.63, 3.8) is 0 Å². The summed E-state index contributed by atoms with van der Waals surface area (Å²) >= 11 is 0. The van der Waals surface area contributed by atoms with Gasteiger partial charge in [0.05, 0.1) is 24.7 Å². The lowest BCUT2D eigenvalue weighted by Gasteiger charge is -2.08. The number of benzene rings is 1. The molecule has 1 heterocycles. The SMILES string of the molecule is CCCNc1cncc(OCCCc2ccccc2)c1. The van der Waals surface area contributed by atoms with Crippen LogP contribution in [0.3, 0.4) is 0 Å². The molecular formula is C17H22N2O. The Labute approximate surface area is 121 Å². The van der Waals surface area contributed by atoms with Crippen LogP contribution in [0.2, 0.25) is 0 Å². The molecule has 0 spiro atoms. The van der Waals surface area contributed by atoms with Crippen molar-refractivity contribution >= 4 is 5.69 Å². The van der Waals surface area contributed by atoms with E-state index in [-0.39, 0.29) is 0 Å². The van der Waals surface area contributed by atoms with E-state index < -0.39 is 0 Å². The molecule has 3 heteroatoms. The van der Waals surface area contributed by atoms with E-state index >= 15 is 0 Å². The van der Waals surface area contributed by atoms with Crippen LogP contribution in [0.1, 0.15) is 25.3 Å². The second-order valence-corrected chi connectivity index (χ2v) is 4.77. The molecule has 1 aromatic heterocycles. The van der Waals surface area contributed by atoms with Crippen LogP contribution in [0, 0.1) is 0 Å². The maximum absolute atomic E-state index is 5.75. The van der Waals surface area contributed by atoms with Gasteiger partial charge >= 0.3 is 0 Å². The number of rotatable bonds is 8. The number of pyridine rings is 1. The zero-order chi connectivity index (χ0) is 14.0. The summed E-state index contributed by atoms with van der Waals surface area (Å²) in [5.74, 6) is 0.833. The van der Waals surface area contributed by atoms with Gasteiger partial charge in [-0.25, -0.2) is 0 Å². The Hall–Kier alpha value is -2.03. The minimum Gasteiger partial charge on any atom is -0.492 e. The zero-order valence-corrected chi connectivity index (χ0v) is 12.0. The second kappa shape index (κ2) is 8.20. The van der Waals surface area contributed by atoms with Crippen molar-refractivity contribution in [3.8, 4) is 5.75 Å². The number of aryl methyl sites for hydroxylation is 1. The maximum Gasteiger partial charge on any atom is 0.139 e. The first kappa shape index (κ1) is 14.4. The van der Waals surface area contributed by atoms with Gasteiger partial charge in [0.25, 0.3) is 0 Å². The fourth-order valence-corrected chi connectivity index (χ4v) is 1.97. The molecule has 106 valence electrons. The van der Waals surface area contributed by atoms with Gasteiger partial charge in [-0.3, -0.25) is 4.98 Å². The molecular weight excluding hydrogens is 248 g/mol. The smallest absolute Gasteiger partial charge is 0.139 e. The Kier molecular flexibility index (Phi) is 5.90. The van der Waals surface area contributed by atoms with Gasteiger partial charge in [0.15, 0.2) is 0 Å². The topological polar surface area (TPSA) is 34.2 Å². The lowest BCUT2D eigenvalue weighted by Crippen LogP contribution is -2.02. The van der Waals surface area contributed by atoms with Gasteiger partial charge in [-0.15, -0.1) is 0 Å². The van der Waals surface area contributed by atoms with E-state index in [2.05, 4.69) is 41.5 Å². The number of anilines is 1. The summed E-state index contributed by atoms with van der Waals surface area (Å²) in [5.41, 5.74) is 2.37. The molecule has 1 N–H and O–H groups in total. The molecule has 2 aromatic rings. The predicted molar refractivity (Wildman–Crippen MR) is 83.3 cm³/mol. The number of ether oxygens (including phenoxy) is 1. The highest BCUT2D eigenvalue weighted by atomic mass is 16.5. The van der Waals surface area contributed by atoms with E-state index in [9.17, 15) is 0 Å². The summed E-state index contributed by atoms with van der Waals surface area (Å²) < 4.78 is 5.75. The minimum absolute atomic E-state index is 0.716. The van der Waals surface area contributed by atoms with E-state index in [0.717, 1.165) is 37.2 Å². The molecule has 0 unspecified atom stereocenters. The average molecular weight is 270 g/mol. The van der Waals surface area contributed by atoms with Gasteiger partial charge in [-0.1, -0.05) is 37.3 Å².